The highest BCUT2D eigenvalue weighted by Crippen LogP contribution is 2.19. The number of ether oxygens (including phenoxy) is 1. The molecule has 2 aromatic rings. The summed E-state index contributed by atoms with van der Waals surface area (Å²) in [6.07, 6.45) is 0.241. The van der Waals surface area contributed by atoms with Gasteiger partial charge in [-0.1, -0.05) is 12.1 Å². The Bertz CT molecular complexity index is 507. The standard InChI is InChI=1S/C10H9BrN2O2/c1-15-8(14)5-6-3-2-4-7-9(6)13-10(11)12-7/h2-4H,5H2,1H3,(H,12,13). The van der Waals surface area contributed by atoms with E-state index in [0.29, 0.717) is 4.73 Å². The van der Waals surface area contributed by atoms with Crippen LogP contribution in [0.1, 0.15) is 5.56 Å². The zero-order chi connectivity index (χ0) is 10.8. The molecule has 15 heavy (non-hydrogen) atoms. The minimum absolute atomic E-state index is 0.241. The van der Waals surface area contributed by atoms with E-state index < -0.39 is 0 Å². The van der Waals surface area contributed by atoms with Crippen molar-refractivity contribution in [1.29, 1.82) is 0 Å². The van der Waals surface area contributed by atoms with Gasteiger partial charge in [0.15, 0.2) is 4.73 Å². The topological polar surface area (TPSA) is 55.0 Å². The van der Waals surface area contributed by atoms with Gasteiger partial charge in [-0.15, -0.1) is 0 Å². The molecule has 0 aliphatic carbocycles. The molecule has 2 rings (SSSR count). The van der Waals surface area contributed by atoms with Gasteiger partial charge in [0.1, 0.15) is 0 Å². The molecule has 78 valence electrons. The molecule has 0 amide bonds. The molecule has 0 saturated carbocycles. The number of carbonyl (C=O) groups is 1. The average Bonchev–Trinajstić information content (AvgIpc) is 2.59. The predicted molar refractivity (Wildman–Crippen MR) is 59.5 cm³/mol. The summed E-state index contributed by atoms with van der Waals surface area (Å²) in [5.74, 6) is -0.262. The number of aromatic nitrogens is 2. The number of H-pyrrole nitrogens is 1. The van der Waals surface area contributed by atoms with Crippen LogP contribution in [0.4, 0.5) is 0 Å². The lowest BCUT2D eigenvalue weighted by Gasteiger charge is -2.00. The number of para-hydroxylation sites is 1. The van der Waals surface area contributed by atoms with E-state index in [0.717, 1.165) is 16.6 Å². The second-order valence-electron chi connectivity index (χ2n) is 3.09. The molecular weight excluding hydrogens is 260 g/mol. The number of halogens is 1. The predicted octanol–water partition coefficient (Wildman–Crippen LogP) is 2.04. The molecule has 1 aromatic heterocycles. The van der Waals surface area contributed by atoms with Crippen molar-refractivity contribution in [3.63, 3.8) is 0 Å². The van der Waals surface area contributed by atoms with Crippen LogP contribution < -0.4 is 0 Å². The monoisotopic (exact) mass is 268 g/mol. The van der Waals surface area contributed by atoms with E-state index in [1.807, 2.05) is 18.2 Å². The van der Waals surface area contributed by atoms with Crippen LogP contribution in [0.15, 0.2) is 22.9 Å². The van der Waals surface area contributed by atoms with Crippen molar-refractivity contribution in [1.82, 2.24) is 9.97 Å². The number of esters is 1. The summed E-state index contributed by atoms with van der Waals surface area (Å²) >= 11 is 3.26. The molecule has 0 unspecified atom stereocenters. The SMILES string of the molecule is COC(=O)Cc1cccc2[nH]c(Br)nc12. The van der Waals surface area contributed by atoms with Crippen molar-refractivity contribution in [3.8, 4) is 0 Å². The Kier molecular flexibility index (Phi) is 2.73. The number of nitrogens with zero attached hydrogens (tertiary/aromatic N) is 1. The van der Waals surface area contributed by atoms with Crippen LogP contribution in [0.2, 0.25) is 0 Å². The lowest BCUT2D eigenvalue weighted by atomic mass is 10.1. The molecule has 0 fully saturated rings. The Morgan fingerprint density at radius 3 is 3.13 bits per heavy atom. The van der Waals surface area contributed by atoms with Crippen LogP contribution in [0, 0.1) is 0 Å². The van der Waals surface area contributed by atoms with Crippen LogP contribution in [-0.2, 0) is 16.0 Å². The van der Waals surface area contributed by atoms with Gasteiger partial charge < -0.3 is 9.72 Å². The first-order chi connectivity index (χ1) is 7.20. The number of benzene rings is 1. The Morgan fingerprint density at radius 1 is 1.60 bits per heavy atom. The molecule has 0 spiro atoms. The number of hydrogen-bond donors (Lipinski definition) is 1. The molecule has 4 nitrogen and oxygen atoms in total. The van der Waals surface area contributed by atoms with E-state index in [9.17, 15) is 4.79 Å². The highest BCUT2D eigenvalue weighted by molar-refractivity contribution is 9.10. The van der Waals surface area contributed by atoms with Gasteiger partial charge in [0.25, 0.3) is 0 Å². The number of imidazole rings is 1. The maximum atomic E-state index is 11.2. The Balaban J connectivity index is 2.46. The second kappa shape index (κ2) is 4.02. The minimum atomic E-state index is -0.262. The van der Waals surface area contributed by atoms with Crippen LogP contribution in [-0.4, -0.2) is 23.0 Å². The Hall–Kier alpha value is -1.36. The highest BCUT2D eigenvalue weighted by atomic mass is 79.9. The van der Waals surface area contributed by atoms with Gasteiger partial charge >= 0.3 is 5.97 Å². The summed E-state index contributed by atoms with van der Waals surface area (Å²) in [5, 5.41) is 0. The lowest BCUT2D eigenvalue weighted by molar-refractivity contribution is -0.139. The van der Waals surface area contributed by atoms with E-state index in [1.54, 1.807) is 0 Å². The number of carbonyl (C=O) groups excluding carboxylic acids is 1. The average molecular weight is 269 g/mol. The normalized spacial score (nSPS) is 10.5. The van der Waals surface area contributed by atoms with Gasteiger partial charge in [-0.3, -0.25) is 4.79 Å². The van der Waals surface area contributed by atoms with Crippen molar-refractivity contribution >= 4 is 32.9 Å². The maximum absolute atomic E-state index is 11.2. The van der Waals surface area contributed by atoms with E-state index in [-0.39, 0.29) is 12.4 Å². The molecular formula is C10H9BrN2O2. The van der Waals surface area contributed by atoms with Gasteiger partial charge in [0.05, 0.1) is 24.6 Å². The highest BCUT2D eigenvalue weighted by Gasteiger charge is 2.09. The first-order valence-corrected chi connectivity index (χ1v) is 5.20. The summed E-state index contributed by atoms with van der Waals surface area (Å²) in [5.41, 5.74) is 2.57. The fraction of sp³-hybridized carbons (Fsp3) is 0.200. The number of fused-ring (bicyclic) bond motifs is 1. The number of aromatic amines is 1. The van der Waals surface area contributed by atoms with Crippen molar-refractivity contribution in [2.75, 3.05) is 7.11 Å². The fourth-order valence-corrected chi connectivity index (χ4v) is 1.82. The summed E-state index contributed by atoms with van der Waals surface area (Å²) in [6, 6.07) is 5.66. The second-order valence-corrected chi connectivity index (χ2v) is 3.84. The molecule has 0 radical (unpaired) electrons. The number of hydrogen-bond acceptors (Lipinski definition) is 3. The zero-order valence-corrected chi connectivity index (χ0v) is 9.67. The van der Waals surface area contributed by atoms with Crippen LogP contribution in [0.5, 0.6) is 0 Å². The van der Waals surface area contributed by atoms with Gasteiger partial charge in [-0.2, -0.15) is 0 Å². The number of nitrogens with one attached hydrogen (secondary N) is 1. The molecule has 1 N–H and O–H groups in total. The summed E-state index contributed by atoms with van der Waals surface area (Å²) < 4.78 is 5.28. The van der Waals surface area contributed by atoms with Crippen molar-refractivity contribution < 1.29 is 9.53 Å². The first kappa shape index (κ1) is 10.2. The first-order valence-electron chi connectivity index (χ1n) is 4.40. The quantitative estimate of drug-likeness (QED) is 0.849. The van der Waals surface area contributed by atoms with E-state index >= 15 is 0 Å². The third-order valence-electron chi connectivity index (χ3n) is 2.13. The molecule has 0 aliphatic rings. The fourth-order valence-electron chi connectivity index (χ4n) is 1.43. The van der Waals surface area contributed by atoms with Crippen LogP contribution in [0.3, 0.4) is 0 Å². The lowest BCUT2D eigenvalue weighted by Crippen LogP contribution is -2.04. The van der Waals surface area contributed by atoms with E-state index in [4.69, 9.17) is 0 Å². The molecule has 5 heteroatoms. The largest absolute Gasteiger partial charge is 0.469 e. The van der Waals surface area contributed by atoms with Gasteiger partial charge in [0.2, 0.25) is 0 Å². The van der Waals surface area contributed by atoms with Crippen molar-refractivity contribution in [2.24, 2.45) is 0 Å². The molecule has 0 saturated heterocycles. The van der Waals surface area contributed by atoms with Crippen LogP contribution in [0.25, 0.3) is 11.0 Å². The Morgan fingerprint density at radius 2 is 2.40 bits per heavy atom. The third kappa shape index (κ3) is 2.02. The summed E-state index contributed by atoms with van der Waals surface area (Å²) in [4.78, 5) is 18.5. The molecule has 0 bridgehead atoms. The van der Waals surface area contributed by atoms with E-state index in [2.05, 4.69) is 30.6 Å². The van der Waals surface area contributed by atoms with Gasteiger partial charge in [-0.05, 0) is 27.6 Å². The van der Waals surface area contributed by atoms with Crippen molar-refractivity contribution in [2.45, 2.75) is 6.42 Å². The maximum Gasteiger partial charge on any atom is 0.310 e. The minimum Gasteiger partial charge on any atom is -0.469 e. The third-order valence-corrected chi connectivity index (χ3v) is 2.51. The van der Waals surface area contributed by atoms with Crippen molar-refractivity contribution in [3.05, 3.63) is 28.5 Å². The molecule has 1 heterocycles. The van der Waals surface area contributed by atoms with Crippen LogP contribution >= 0.6 is 15.9 Å². The summed E-state index contributed by atoms with van der Waals surface area (Å²) in [7, 11) is 1.38. The summed E-state index contributed by atoms with van der Waals surface area (Å²) in [6.45, 7) is 0. The number of methoxy groups -OCH3 is 1. The zero-order valence-electron chi connectivity index (χ0n) is 8.08. The smallest absolute Gasteiger partial charge is 0.310 e. The van der Waals surface area contributed by atoms with Gasteiger partial charge in [0, 0.05) is 0 Å². The van der Waals surface area contributed by atoms with E-state index in [1.165, 1.54) is 7.11 Å². The molecule has 0 atom stereocenters. The molecule has 1 aromatic carbocycles. The number of rotatable bonds is 2. The molecule has 0 aliphatic heterocycles. The van der Waals surface area contributed by atoms with Gasteiger partial charge in [-0.25, -0.2) is 4.98 Å². The Labute approximate surface area is 94.8 Å².